The molecule has 2 fully saturated rings. The van der Waals surface area contributed by atoms with Crippen LogP contribution in [0.15, 0.2) is 18.3 Å². The van der Waals surface area contributed by atoms with E-state index in [2.05, 4.69) is 16.0 Å². The first-order valence-electron chi connectivity index (χ1n) is 9.64. The van der Waals surface area contributed by atoms with E-state index in [9.17, 15) is 9.59 Å². The number of carbonyl (C=O) groups is 2. The van der Waals surface area contributed by atoms with E-state index in [-0.39, 0.29) is 17.9 Å². The zero-order valence-electron chi connectivity index (χ0n) is 16.7. The second-order valence-electron chi connectivity index (χ2n) is 8.24. The van der Waals surface area contributed by atoms with Crippen molar-refractivity contribution in [2.75, 3.05) is 44.2 Å². The number of carbonyl (C=O) groups excluding carboxylic acids is 2. The third kappa shape index (κ3) is 4.71. The second kappa shape index (κ2) is 8.05. The molecule has 0 bridgehead atoms. The Morgan fingerprint density at radius 2 is 1.86 bits per heavy atom. The van der Waals surface area contributed by atoms with Gasteiger partial charge in [0.25, 0.3) is 0 Å². The fraction of sp³-hybridized carbons (Fsp3) is 0.600. The quantitative estimate of drug-likeness (QED) is 0.772. The first-order valence-corrected chi connectivity index (χ1v) is 9.64. The van der Waals surface area contributed by atoms with Gasteiger partial charge in [-0.25, -0.2) is 9.78 Å². The molecular weight excluding hydrogens is 358 g/mol. The van der Waals surface area contributed by atoms with Crippen LogP contribution >= 0.6 is 0 Å². The van der Waals surface area contributed by atoms with Crippen LogP contribution in [0.25, 0.3) is 0 Å². The summed E-state index contributed by atoms with van der Waals surface area (Å²) in [6.07, 6.45) is 1.89. The number of hydrogen-bond acceptors (Lipinski definition) is 6. The number of piperazine rings is 1. The number of pyridine rings is 1. The lowest BCUT2D eigenvalue weighted by Crippen LogP contribution is -2.51. The van der Waals surface area contributed by atoms with Gasteiger partial charge in [0.05, 0.1) is 11.5 Å². The second-order valence-corrected chi connectivity index (χ2v) is 8.24. The van der Waals surface area contributed by atoms with E-state index in [0.717, 1.165) is 5.82 Å². The minimum absolute atomic E-state index is 0.110. The summed E-state index contributed by atoms with van der Waals surface area (Å²) in [7, 11) is 0. The number of aromatic nitrogens is 1. The third-order valence-electron chi connectivity index (χ3n) is 4.98. The largest absolute Gasteiger partial charge is 0.444 e. The van der Waals surface area contributed by atoms with Gasteiger partial charge in [-0.3, -0.25) is 4.79 Å². The van der Waals surface area contributed by atoms with Crippen LogP contribution in [0, 0.1) is 17.2 Å². The lowest BCUT2D eigenvalue weighted by atomic mass is 10.1. The van der Waals surface area contributed by atoms with Crippen LogP contribution in [0.3, 0.4) is 0 Å². The summed E-state index contributed by atoms with van der Waals surface area (Å²) in [6.45, 7) is 9.15. The highest BCUT2D eigenvalue weighted by molar-refractivity contribution is 5.81. The molecule has 2 saturated heterocycles. The van der Waals surface area contributed by atoms with E-state index in [0.29, 0.717) is 51.3 Å². The highest BCUT2D eigenvalue weighted by atomic mass is 16.6. The molecule has 8 nitrogen and oxygen atoms in total. The average molecular weight is 385 g/mol. The van der Waals surface area contributed by atoms with Gasteiger partial charge in [0.2, 0.25) is 5.91 Å². The number of nitriles is 1. The van der Waals surface area contributed by atoms with E-state index in [1.807, 2.05) is 31.7 Å². The van der Waals surface area contributed by atoms with Crippen molar-refractivity contribution in [1.82, 2.24) is 14.8 Å². The molecule has 3 rings (SSSR count). The summed E-state index contributed by atoms with van der Waals surface area (Å²) in [5.74, 6) is 0.772. The summed E-state index contributed by atoms with van der Waals surface area (Å²) in [5.41, 5.74) is 0.00275. The monoisotopic (exact) mass is 385 g/mol. The summed E-state index contributed by atoms with van der Waals surface area (Å²) < 4.78 is 5.40. The predicted octanol–water partition coefficient (Wildman–Crippen LogP) is 1.86. The van der Waals surface area contributed by atoms with E-state index >= 15 is 0 Å². The number of hydrogen-bond donors (Lipinski definition) is 0. The number of likely N-dealkylation sites (tertiary alicyclic amines) is 1. The number of nitrogens with zero attached hydrogens (tertiary/aromatic N) is 5. The molecule has 8 heteroatoms. The van der Waals surface area contributed by atoms with Gasteiger partial charge in [-0.2, -0.15) is 5.26 Å². The van der Waals surface area contributed by atoms with Crippen LogP contribution in [0.4, 0.5) is 10.6 Å². The summed E-state index contributed by atoms with van der Waals surface area (Å²) in [4.78, 5) is 35.0. The summed E-state index contributed by atoms with van der Waals surface area (Å²) in [6, 6.07) is 5.66. The molecule has 1 unspecified atom stereocenters. The molecule has 0 radical (unpaired) electrons. The maximum absolute atomic E-state index is 12.9. The van der Waals surface area contributed by atoms with E-state index in [1.54, 1.807) is 17.2 Å². The van der Waals surface area contributed by atoms with Crippen molar-refractivity contribution in [3.8, 4) is 6.07 Å². The van der Waals surface area contributed by atoms with Gasteiger partial charge in [0.15, 0.2) is 0 Å². The predicted molar refractivity (Wildman–Crippen MR) is 104 cm³/mol. The van der Waals surface area contributed by atoms with Crippen molar-refractivity contribution in [2.45, 2.75) is 32.8 Å². The first kappa shape index (κ1) is 19.9. The molecular formula is C20H27N5O3. The molecule has 2 amide bonds. The summed E-state index contributed by atoms with van der Waals surface area (Å²) in [5, 5.41) is 8.87. The Kier molecular flexibility index (Phi) is 5.73. The summed E-state index contributed by atoms with van der Waals surface area (Å²) >= 11 is 0. The Balaban J connectivity index is 1.50. The van der Waals surface area contributed by atoms with Gasteiger partial charge in [-0.1, -0.05) is 0 Å². The van der Waals surface area contributed by atoms with Gasteiger partial charge in [-0.15, -0.1) is 0 Å². The molecule has 2 aliphatic rings. The SMILES string of the molecule is CC(C)(C)OC(=O)N1CCC(C(=O)N2CCN(c3ccc(C#N)cn3)CC2)C1. The van der Waals surface area contributed by atoms with Crippen LogP contribution in [0.2, 0.25) is 0 Å². The normalized spacial score (nSPS) is 20.1. The first-order chi connectivity index (χ1) is 13.3. The molecule has 3 heterocycles. The van der Waals surface area contributed by atoms with Gasteiger partial charge in [-0.05, 0) is 39.3 Å². The van der Waals surface area contributed by atoms with Gasteiger partial charge in [0, 0.05) is 45.5 Å². The standard InChI is InChI=1S/C20H27N5O3/c1-20(2,3)28-19(27)25-7-6-16(14-25)18(26)24-10-8-23(9-11-24)17-5-4-15(12-21)13-22-17/h4-5,13,16H,6-11,14H2,1-3H3. The Hall–Kier alpha value is -2.82. The number of amides is 2. The fourth-order valence-corrected chi connectivity index (χ4v) is 3.51. The molecule has 0 N–H and O–H groups in total. The number of ether oxygens (including phenoxy) is 1. The molecule has 1 aromatic rings. The molecule has 2 aliphatic heterocycles. The van der Waals surface area contributed by atoms with Crippen molar-refractivity contribution in [3.05, 3.63) is 23.9 Å². The van der Waals surface area contributed by atoms with Crippen molar-refractivity contribution in [1.29, 1.82) is 5.26 Å². The van der Waals surface area contributed by atoms with Crippen molar-refractivity contribution in [3.63, 3.8) is 0 Å². The van der Waals surface area contributed by atoms with E-state index < -0.39 is 5.60 Å². The zero-order chi connectivity index (χ0) is 20.3. The smallest absolute Gasteiger partial charge is 0.410 e. The Bertz CT molecular complexity index is 758. The zero-order valence-corrected chi connectivity index (χ0v) is 16.7. The van der Waals surface area contributed by atoms with Crippen LogP contribution in [-0.4, -0.2) is 71.7 Å². The molecule has 1 aromatic heterocycles. The molecule has 0 saturated carbocycles. The minimum Gasteiger partial charge on any atom is -0.444 e. The highest BCUT2D eigenvalue weighted by Crippen LogP contribution is 2.23. The van der Waals surface area contributed by atoms with Crippen molar-refractivity contribution >= 4 is 17.8 Å². The van der Waals surface area contributed by atoms with Crippen LogP contribution in [-0.2, 0) is 9.53 Å². The van der Waals surface area contributed by atoms with Crippen LogP contribution in [0.1, 0.15) is 32.8 Å². The van der Waals surface area contributed by atoms with Crippen molar-refractivity contribution in [2.24, 2.45) is 5.92 Å². The molecule has 150 valence electrons. The average Bonchev–Trinajstić information content (AvgIpc) is 3.17. The number of rotatable bonds is 2. The Morgan fingerprint density at radius 1 is 1.14 bits per heavy atom. The van der Waals surface area contributed by atoms with Crippen molar-refractivity contribution < 1.29 is 14.3 Å². The Labute approximate surface area is 165 Å². The minimum atomic E-state index is -0.533. The molecule has 0 aromatic carbocycles. The topological polar surface area (TPSA) is 89.8 Å². The van der Waals surface area contributed by atoms with Gasteiger partial charge >= 0.3 is 6.09 Å². The lowest BCUT2D eigenvalue weighted by Gasteiger charge is -2.36. The molecule has 0 spiro atoms. The van der Waals surface area contributed by atoms with E-state index in [1.165, 1.54) is 0 Å². The Morgan fingerprint density at radius 3 is 2.43 bits per heavy atom. The fourth-order valence-electron chi connectivity index (χ4n) is 3.51. The van der Waals surface area contributed by atoms with Gasteiger partial charge < -0.3 is 19.4 Å². The third-order valence-corrected chi connectivity index (χ3v) is 4.98. The molecule has 28 heavy (non-hydrogen) atoms. The maximum atomic E-state index is 12.9. The highest BCUT2D eigenvalue weighted by Gasteiger charge is 2.36. The van der Waals surface area contributed by atoms with Gasteiger partial charge in [0.1, 0.15) is 17.5 Å². The van der Waals surface area contributed by atoms with E-state index in [4.69, 9.17) is 10.00 Å². The molecule has 0 aliphatic carbocycles. The maximum Gasteiger partial charge on any atom is 0.410 e. The molecule has 1 atom stereocenters. The van der Waals surface area contributed by atoms with Crippen LogP contribution < -0.4 is 4.90 Å². The van der Waals surface area contributed by atoms with Crippen LogP contribution in [0.5, 0.6) is 0 Å². The lowest BCUT2D eigenvalue weighted by molar-refractivity contribution is -0.135. The number of anilines is 1.